The van der Waals surface area contributed by atoms with Crippen molar-refractivity contribution in [1.29, 1.82) is 0 Å². The van der Waals surface area contributed by atoms with Crippen LogP contribution < -0.4 is 5.32 Å². The van der Waals surface area contributed by atoms with Crippen LogP contribution in [0.1, 0.15) is 31.9 Å². The molecular formula is C15H20N2O2. The molecule has 0 aliphatic carbocycles. The number of benzene rings is 1. The molecular weight excluding hydrogens is 240 g/mol. The van der Waals surface area contributed by atoms with Crippen molar-refractivity contribution in [2.45, 2.75) is 26.3 Å². The standard InChI is InChI=1S/C15H20N2O2/c1-15(2,8-13(18)19)14(16-3)11-9-17-12-7-5-4-6-10(11)12/h4-7,9,14,16-17H,8H2,1-3H3,(H,18,19). The number of fused-ring (bicyclic) bond motifs is 1. The van der Waals surface area contributed by atoms with Gasteiger partial charge in [0.2, 0.25) is 0 Å². The van der Waals surface area contributed by atoms with Crippen molar-refractivity contribution in [2.24, 2.45) is 5.41 Å². The van der Waals surface area contributed by atoms with E-state index < -0.39 is 5.97 Å². The van der Waals surface area contributed by atoms with E-state index in [9.17, 15) is 4.79 Å². The topological polar surface area (TPSA) is 65.1 Å². The van der Waals surface area contributed by atoms with Crippen molar-refractivity contribution in [1.82, 2.24) is 10.3 Å². The summed E-state index contributed by atoms with van der Waals surface area (Å²) in [7, 11) is 1.87. The van der Waals surface area contributed by atoms with Gasteiger partial charge in [-0.25, -0.2) is 0 Å². The summed E-state index contributed by atoms with van der Waals surface area (Å²) >= 11 is 0. The van der Waals surface area contributed by atoms with Crippen molar-refractivity contribution in [3.63, 3.8) is 0 Å². The highest BCUT2D eigenvalue weighted by Gasteiger charge is 2.33. The van der Waals surface area contributed by atoms with Crippen molar-refractivity contribution in [3.8, 4) is 0 Å². The smallest absolute Gasteiger partial charge is 0.303 e. The van der Waals surface area contributed by atoms with Crippen LogP contribution in [0.5, 0.6) is 0 Å². The molecule has 0 bridgehead atoms. The maximum absolute atomic E-state index is 11.0. The van der Waals surface area contributed by atoms with Crippen LogP contribution in [-0.2, 0) is 4.79 Å². The van der Waals surface area contributed by atoms with Crippen molar-refractivity contribution < 1.29 is 9.90 Å². The Bertz CT molecular complexity index is 587. The largest absolute Gasteiger partial charge is 0.481 e. The summed E-state index contributed by atoms with van der Waals surface area (Å²) in [4.78, 5) is 14.3. The van der Waals surface area contributed by atoms with Gasteiger partial charge in [-0.1, -0.05) is 32.0 Å². The Morgan fingerprint density at radius 2 is 2.11 bits per heavy atom. The van der Waals surface area contributed by atoms with Gasteiger partial charge in [-0.05, 0) is 24.1 Å². The first-order valence-electron chi connectivity index (χ1n) is 6.41. The normalized spacial score (nSPS) is 13.6. The van der Waals surface area contributed by atoms with Crippen molar-refractivity contribution in [3.05, 3.63) is 36.0 Å². The zero-order chi connectivity index (χ0) is 14.0. The maximum atomic E-state index is 11.0. The molecule has 0 saturated carbocycles. The van der Waals surface area contributed by atoms with Crippen LogP contribution in [0.15, 0.2) is 30.5 Å². The summed E-state index contributed by atoms with van der Waals surface area (Å²) < 4.78 is 0. The lowest BCUT2D eigenvalue weighted by molar-refractivity contribution is -0.139. The number of aromatic nitrogens is 1. The van der Waals surface area contributed by atoms with E-state index in [1.807, 2.05) is 45.3 Å². The first kappa shape index (κ1) is 13.6. The van der Waals surface area contributed by atoms with E-state index in [0.717, 1.165) is 16.5 Å². The molecule has 4 nitrogen and oxygen atoms in total. The van der Waals surface area contributed by atoms with Crippen molar-refractivity contribution >= 4 is 16.9 Å². The highest BCUT2D eigenvalue weighted by atomic mass is 16.4. The number of carboxylic acid groups (broad SMARTS) is 1. The molecule has 0 aliphatic rings. The van der Waals surface area contributed by atoms with E-state index in [4.69, 9.17) is 5.11 Å². The number of rotatable bonds is 5. The monoisotopic (exact) mass is 260 g/mol. The number of nitrogens with one attached hydrogen (secondary N) is 2. The SMILES string of the molecule is CNC(c1c[nH]c2ccccc12)C(C)(C)CC(=O)O. The minimum Gasteiger partial charge on any atom is -0.481 e. The van der Waals surface area contributed by atoms with Crippen LogP contribution in [0.3, 0.4) is 0 Å². The van der Waals surface area contributed by atoms with Gasteiger partial charge < -0.3 is 15.4 Å². The number of aromatic amines is 1. The molecule has 0 amide bonds. The predicted molar refractivity (Wildman–Crippen MR) is 76.1 cm³/mol. The first-order valence-corrected chi connectivity index (χ1v) is 6.41. The molecule has 3 N–H and O–H groups in total. The molecule has 1 aromatic heterocycles. The zero-order valence-corrected chi connectivity index (χ0v) is 11.5. The Morgan fingerprint density at radius 3 is 2.74 bits per heavy atom. The molecule has 2 aromatic rings. The lowest BCUT2D eigenvalue weighted by atomic mass is 9.78. The lowest BCUT2D eigenvalue weighted by Crippen LogP contribution is -2.33. The highest BCUT2D eigenvalue weighted by molar-refractivity contribution is 5.83. The second-order valence-electron chi connectivity index (χ2n) is 5.57. The molecule has 0 spiro atoms. The average Bonchev–Trinajstić information content (AvgIpc) is 2.72. The number of H-pyrrole nitrogens is 1. The van der Waals surface area contributed by atoms with Crippen LogP contribution >= 0.6 is 0 Å². The predicted octanol–water partition coefficient (Wildman–Crippen LogP) is 2.93. The van der Waals surface area contributed by atoms with Gasteiger partial charge in [-0.3, -0.25) is 4.79 Å². The van der Waals surface area contributed by atoms with Crippen LogP contribution in [0, 0.1) is 5.41 Å². The van der Waals surface area contributed by atoms with E-state index in [-0.39, 0.29) is 17.9 Å². The number of hydrogen-bond acceptors (Lipinski definition) is 2. The summed E-state index contributed by atoms with van der Waals surface area (Å²) in [6, 6.07) is 8.05. The molecule has 1 heterocycles. The molecule has 1 aromatic carbocycles. The number of carboxylic acids is 1. The quantitative estimate of drug-likeness (QED) is 0.774. The Hall–Kier alpha value is -1.81. The van der Waals surface area contributed by atoms with Crippen LogP contribution in [0.25, 0.3) is 10.9 Å². The molecule has 2 rings (SSSR count). The molecule has 1 atom stereocenters. The molecule has 1 unspecified atom stereocenters. The lowest BCUT2D eigenvalue weighted by Gasteiger charge is -2.33. The molecule has 0 aliphatic heterocycles. The van der Waals surface area contributed by atoms with E-state index in [1.165, 1.54) is 0 Å². The van der Waals surface area contributed by atoms with E-state index in [0.29, 0.717) is 0 Å². The summed E-state index contributed by atoms with van der Waals surface area (Å²) in [5.41, 5.74) is 1.82. The summed E-state index contributed by atoms with van der Waals surface area (Å²) in [5, 5.41) is 13.5. The molecule has 102 valence electrons. The maximum Gasteiger partial charge on any atom is 0.303 e. The van der Waals surface area contributed by atoms with Crippen LogP contribution in [0.2, 0.25) is 0 Å². The van der Waals surface area contributed by atoms with Gasteiger partial charge in [0.25, 0.3) is 0 Å². The second-order valence-corrected chi connectivity index (χ2v) is 5.57. The Balaban J connectivity index is 2.44. The zero-order valence-electron chi connectivity index (χ0n) is 11.5. The van der Waals surface area contributed by atoms with Gasteiger partial charge in [0, 0.05) is 23.1 Å². The van der Waals surface area contributed by atoms with Gasteiger partial charge >= 0.3 is 5.97 Å². The Labute approximate surface area is 112 Å². The average molecular weight is 260 g/mol. The summed E-state index contributed by atoms with van der Waals surface area (Å²) in [6.07, 6.45) is 2.09. The van der Waals surface area contributed by atoms with Gasteiger partial charge in [0.15, 0.2) is 0 Å². The Morgan fingerprint density at radius 1 is 1.42 bits per heavy atom. The second kappa shape index (κ2) is 5.05. The fraction of sp³-hybridized carbons (Fsp3) is 0.400. The minimum absolute atomic E-state index is 0.0141. The van der Waals surface area contributed by atoms with E-state index in [2.05, 4.69) is 16.4 Å². The van der Waals surface area contributed by atoms with Gasteiger partial charge in [-0.15, -0.1) is 0 Å². The minimum atomic E-state index is -0.773. The van der Waals surface area contributed by atoms with Gasteiger partial charge in [0.05, 0.1) is 6.42 Å². The summed E-state index contributed by atoms with van der Waals surface area (Å²) in [6.45, 7) is 3.95. The number of para-hydroxylation sites is 1. The molecule has 19 heavy (non-hydrogen) atoms. The fourth-order valence-electron chi connectivity index (χ4n) is 2.79. The molecule has 0 fully saturated rings. The Kier molecular flexibility index (Phi) is 3.62. The highest BCUT2D eigenvalue weighted by Crippen LogP contribution is 2.39. The third-order valence-electron chi connectivity index (χ3n) is 3.61. The first-order chi connectivity index (χ1) is 8.95. The number of aliphatic carboxylic acids is 1. The third-order valence-corrected chi connectivity index (χ3v) is 3.61. The van der Waals surface area contributed by atoms with Crippen molar-refractivity contribution in [2.75, 3.05) is 7.05 Å². The number of carbonyl (C=O) groups is 1. The molecule has 0 saturated heterocycles. The van der Waals surface area contributed by atoms with E-state index in [1.54, 1.807) is 0 Å². The van der Waals surface area contributed by atoms with Gasteiger partial charge in [0.1, 0.15) is 0 Å². The third kappa shape index (κ3) is 2.63. The fourth-order valence-corrected chi connectivity index (χ4v) is 2.79. The van der Waals surface area contributed by atoms with E-state index >= 15 is 0 Å². The summed E-state index contributed by atoms with van der Waals surface area (Å²) in [5.74, 6) is -0.773. The van der Waals surface area contributed by atoms with Crippen LogP contribution in [0.4, 0.5) is 0 Å². The molecule has 4 heteroatoms. The number of hydrogen-bond donors (Lipinski definition) is 3. The molecule has 0 radical (unpaired) electrons. The van der Waals surface area contributed by atoms with Gasteiger partial charge in [-0.2, -0.15) is 0 Å². The van der Waals surface area contributed by atoms with Crippen LogP contribution in [-0.4, -0.2) is 23.1 Å².